The highest BCUT2D eigenvalue weighted by molar-refractivity contribution is 6.04. The van der Waals surface area contributed by atoms with Crippen molar-refractivity contribution < 1.29 is 28.6 Å². The molecule has 0 aliphatic carbocycles. The summed E-state index contributed by atoms with van der Waals surface area (Å²) in [6.07, 6.45) is 2.38. The number of piperazine rings is 1. The lowest BCUT2D eigenvalue weighted by atomic mass is 9.86. The van der Waals surface area contributed by atoms with E-state index in [9.17, 15) is 14.4 Å². The fraction of sp³-hybridized carbons (Fsp3) is 0.577. The van der Waals surface area contributed by atoms with Crippen molar-refractivity contribution in [2.24, 2.45) is 0 Å². The summed E-state index contributed by atoms with van der Waals surface area (Å²) in [5.74, 6) is 0.629. The number of piperidine rings is 1. The molecule has 0 aromatic heterocycles. The molecule has 0 saturated carbocycles. The van der Waals surface area contributed by atoms with Gasteiger partial charge in [-0.05, 0) is 51.9 Å². The van der Waals surface area contributed by atoms with Gasteiger partial charge >= 0.3 is 0 Å². The SMILES string of the molecule is COc1ccc(N2CCN(C(=O)C3(NC(=O)C4=CC(=O)CC(C)(C)O4)CCNCC3)CC2)c(OC)c1. The standard InChI is InChI=1S/C26H36N4O6/c1-25(2)17-18(31)15-22(36-25)23(32)28-26(7-9-27-10-8-26)24(33)30-13-11-29(12-14-30)20-6-5-19(34-3)16-21(20)35-4/h5-6,15-16,27H,7-14,17H2,1-4H3,(H,28,32). The van der Waals surface area contributed by atoms with Crippen LogP contribution in [0.1, 0.15) is 33.1 Å². The largest absolute Gasteiger partial charge is 0.497 e. The maximum atomic E-state index is 13.8. The summed E-state index contributed by atoms with van der Waals surface area (Å²) >= 11 is 0. The van der Waals surface area contributed by atoms with Gasteiger partial charge in [-0.3, -0.25) is 14.4 Å². The van der Waals surface area contributed by atoms with E-state index in [1.54, 1.807) is 28.1 Å². The van der Waals surface area contributed by atoms with Gasteiger partial charge in [-0.25, -0.2) is 0 Å². The molecule has 10 heteroatoms. The first-order valence-corrected chi connectivity index (χ1v) is 12.4. The molecule has 36 heavy (non-hydrogen) atoms. The van der Waals surface area contributed by atoms with E-state index in [-0.39, 0.29) is 23.9 Å². The number of carbonyl (C=O) groups excluding carboxylic acids is 3. The minimum atomic E-state index is -1.04. The van der Waals surface area contributed by atoms with Gasteiger partial charge in [-0.15, -0.1) is 0 Å². The molecular weight excluding hydrogens is 464 g/mol. The van der Waals surface area contributed by atoms with Gasteiger partial charge in [-0.1, -0.05) is 0 Å². The molecule has 196 valence electrons. The summed E-state index contributed by atoms with van der Waals surface area (Å²) in [7, 11) is 3.24. The number of allylic oxidation sites excluding steroid dienone is 1. The first-order chi connectivity index (χ1) is 17.2. The van der Waals surface area contributed by atoms with Gasteiger partial charge in [0.05, 0.1) is 19.9 Å². The Labute approximate surface area is 211 Å². The minimum Gasteiger partial charge on any atom is -0.497 e. The van der Waals surface area contributed by atoms with Crippen LogP contribution in [0.2, 0.25) is 0 Å². The summed E-state index contributed by atoms with van der Waals surface area (Å²) in [5, 5.41) is 6.23. The molecular formula is C26H36N4O6. The number of rotatable bonds is 6. The topological polar surface area (TPSA) is 109 Å². The highest BCUT2D eigenvalue weighted by Crippen LogP contribution is 2.33. The Hall–Kier alpha value is -3.27. The van der Waals surface area contributed by atoms with Crippen LogP contribution < -0.4 is 25.0 Å². The summed E-state index contributed by atoms with van der Waals surface area (Å²) in [6, 6.07) is 5.70. The van der Waals surface area contributed by atoms with Crippen LogP contribution in [0.25, 0.3) is 0 Å². The average Bonchev–Trinajstić information content (AvgIpc) is 2.87. The Morgan fingerprint density at radius 2 is 1.75 bits per heavy atom. The molecule has 2 N–H and O–H groups in total. The molecule has 3 aliphatic heterocycles. The van der Waals surface area contributed by atoms with E-state index in [2.05, 4.69) is 15.5 Å². The van der Waals surface area contributed by atoms with Crippen molar-refractivity contribution in [2.45, 2.75) is 44.2 Å². The van der Waals surface area contributed by atoms with Crippen molar-refractivity contribution in [3.05, 3.63) is 30.0 Å². The molecule has 4 rings (SSSR count). The van der Waals surface area contributed by atoms with E-state index < -0.39 is 17.0 Å². The van der Waals surface area contributed by atoms with Crippen molar-refractivity contribution in [2.75, 3.05) is 58.4 Å². The third-order valence-corrected chi connectivity index (χ3v) is 7.02. The van der Waals surface area contributed by atoms with Crippen LogP contribution in [0.3, 0.4) is 0 Å². The molecule has 2 amide bonds. The predicted octanol–water partition coefficient (Wildman–Crippen LogP) is 1.24. The molecule has 1 aromatic carbocycles. The zero-order chi connectivity index (χ0) is 25.9. The molecule has 0 spiro atoms. The van der Waals surface area contributed by atoms with Crippen LogP contribution >= 0.6 is 0 Å². The van der Waals surface area contributed by atoms with Crippen LogP contribution in [-0.2, 0) is 19.1 Å². The van der Waals surface area contributed by atoms with Gasteiger partial charge in [0.15, 0.2) is 11.5 Å². The Balaban J connectivity index is 1.47. The third kappa shape index (κ3) is 5.43. The fourth-order valence-corrected chi connectivity index (χ4v) is 5.12. The third-order valence-electron chi connectivity index (χ3n) is 7.02. The van der Waals surface area contributed by atoms with Gasteiger partial charge in [0.2, 0.25) is 5.91 Å². The number of hydrogen-bond acceptors (Lipinski definition) is 8. The van der Waals surface area contributed by atoms with E-state index in [4.69, 9.17) is 14.2 Å². The molecule has 0 unspecified atom stereocenters. The van der Waals surface area contributed by atoms with Crippen molar-refractivity contribution in [3.8, 4) is 11.5 Å². The quantitative estimate of drug-likeness (QED) is 0.601. The number of anilines is 1. The number of nitrogens with zero attached hydrogens (tertiary/aromatic N) is 2. The van der Waals surface area contributed by atoms with Gasteiger partial charge in [0, 0.05) is 44.7 Å². The van der Waals surface area contributed by atoms with E-state index in [0.717, 1.165) is 17.2 Å². The number of amides is 2. The maximum absolute atomic E-state index is 13.8. The van der Waals surface area contributed by atoms with Crippen LogP contribution in [-0.4, -0.2) is 87.1 Å². The summed E-state index contributed by atoms with van der Waals surface area (Å²) in [4.78, 5) is 43.1. The molecule has 1 aromatic rings. The number of ether oxygens (including phenoxy) is 3. The summed E-state index contributed by atoms with van der Waals surface area (Å²) in [6.45, 7) is 7.06. The number of benzene rings is 1. The smallest absolute Gasteiger partial charge is 0.287 e. The van der Waals surface area contributed by atoms with Crippen LogP contribution in [0.15, 0.2) is 30.0 Å². The molecule has 3 aliphatic rings. The van der Waals surface area contributed by atoms with Crippen LogP contribution in [0.4, 0.5) is 5.69 Å². The predicted molar refractivity (Wildman–Crippen MR) is 134 cm³/mol. The van der Waals surface area contributed by atoms with E-state index in [1.165, 1.54) is 6.08 Å². The molecule has 0 bridgehead atoms. The highest BCUT2D eigenvalue weighted by atomic mass is 16.5. The first kappa shape index (κ1) is 25.8. The number of hydrogen-bond donors (Lipinski definition) is 2. The Bertz CT molecular complexity index is 1040. The Morgan fingerprint density at radius 1 is 1.06 bits per heavy atom. The van der Waals surface area contributed by atoms with E-state index >= 15 is 0 Å². The second-order valence-corrected chi connectivity index (χ2v) is 10.1. The lowest BCUT2D eigenvalue weighted by Crippen LogP contribution is -2.65. The fourth-order valence-electron chi connectivity index (χ4n) is 5.12. The summed E-state index contributed by atoms with van der Waals surface area (Å²) in [5.41, 5.74) is -0.858. The maximum Gasteiger partial charge on any atom is 0.287 e. The second kappa shape index (κ2) is 10.4. The zero-order valence-electron chi connectivity index (χ0n) is 21.5. The summed E-state index contributed by atoms with van der Waals surface area (Å²) < 4.78 is 16.6. The van der Waals surface area contributed by atoms with Crippen molar-refractivity contribution in [3.63, 3.8) is 0 Å². The molecule has 2 saturated heterocycles. The van der Waals surface area contributed by atoms with Crippen LogP contribution in [0.5, 0.6) is 11.5 Å². The van der Waals surface area contributed by atoms with Crippen molar-refractivity contribution in [1.29, 1.82) is 0 Å². The molecule has 0 radical (unpaired) electrons. The number of methoxy groups -OCH3 is 2. The molecule has 3 heterocycles. The molecule has 2 fully saturated rings. The van der Waals surface area contributed by atoms with Crippen molar-refractivity contribution in [1.82, 2.24) is 15.5 Å². The first-order valence-electron chi connectivity index (χ1n) is 12.4. The number of carbonyl (C=O) groups is 3. The van der Waals surface area contributed by atoms with Gasteiger partial charge in [0.1, 0.15) is 22.6 Å². The van der Waals surface area contributed by atoms with E-state index in [0.29, 0.717) is 52.1 Å². The lowest BCUT2D eigenvalue weighted by molar-refractivity contribution is -0.144. The van der Waals surface area contributed by atoms with E-state index in [1.807, 2.05) is 23.1 Å². The average molecular weight is 501 g/mol. The van der Waals surface area contributed by atoms with Gasteiger partial charge in [0.25, 0.3) is 5.91 Å². The van der Waals surface area contributed by atoms with Crippen LogP contribution in [0, 0.1) is 0 Å². The number of ketones is 1. The Kier molecular flexibility index (Phi) is 7.44. The lowest BCUT2D eigenvalue weighted by Gasteiger charge is -2.44. The normalized spacial score (nSPS) is 21.2. The van der Waals surface area contributed by atoms with Gasteiger partial charge in [-0.2, -0.15) is 0 Å². The zero-order valence-corrected chi connectivity index (χ0v) is 21.5. The van der Waals surface area contributed by atoms with Gasteiger partial charge < -0.3 is 34.6 Å². The molecule has 10 nitrogen and oxygen atoms in total. The minimum absolute atomic E-state index is 0.0293. The monoisotopic (exact) mass is 500 g/mol. The highest BCUT2D eigenvalue weighted by Gasteiger charge is 2.45. The number of nitrogens with one attached hydrogen (secondary N) is 2. The second-order valence-electron chi connectivity index (χ2n) is 10.1. The molecule has 0 atom stereocenters. The Morgan fingerprint density at radius 3 is 2.36 bits per heavy atom. The van der Waals surface area contributed by atoms with Crippen molar-refractivity contribution >= 4 is 23.3 Å².